The predicted molar refractivity (Wildman–Crippen MR) is 110 cm³/mol. The van der Waals surface area contributed by atoms with Crippen LogP contribution in [0.2, 0.25) is 5.02 Å². The lowest BCUT2D eigenvalue weighted by atomic mass is 10.1. The minimum Gasteiger partial charge on any atom is -0.464 e. The fourth-order valence-electron chi connectivity index (χ4n) is 3.30. The van der Waals surface area contributed by atoms with Crippen LogP contribution in [-0.4, -0.2) is 28.5 Å². The molecule has 30 heavy (non-hydrogen) atoms. The molecule has 1 aromatic carbocycles. The molecular weight excluding hydrogens is 412 g/mol. The number of nitrogens with one attached hydrogen (secondary N) is 2. The fraction of sp³-hybridized carbons (Fsp3) is 0.300. The number of anilines is 1. The van der Waals surface area contributed by atoms with Crippen LogP contribution < -0.4 is 16.4 Å². The van der Waals surface area contributed by atoms with E-state index < -0.39 is 5.91 Å². The summed E-state index contributed by atoms with van der Waals surface area (Å²) in [4.78, 5) is 29.7. The highest BCUT2D eigenvalue weighted by Gasteiger charge is 2.32. The monoisotopic (exact) mass is 434 g/mol. The summed E-state index contributed by atoms with van der Waals surface area (Å²) in [6, 6.07) is 6.73. The Kier molecular flexibility index (Phi) is 6.53. The van der Waals surface area contributed by atoms with Gasteiger partial charge in [0.05, 0.1) is 30.0 Å². The quantitative estimate of drug-likeness (QED) is 0.271. The van der Waals surface area contributed by atoms with E-state index in [0.717, 1.165) is 5.76 Å². The highest BCUT2D eigenvalue weighted by molar-refractivity contribution is 6.32. The van der Waals surface area contributed by atoms with Crippen LogP contribution in [0.3, 0.4) is 0 Å². The molecule has 2 heterocycles. The highest BCUT2D eigenvalue weighted by Crippen LogP contribution is 2.34. The minimum absolute atomic E-state index is 0.0269. The molecule has 3 rings (SSSR count). The molecule has 0 spiro atoms. The molecule has 1 aromatic heterocycles. The number of hydrogen-bond acceptors (Lipinski definition) is 7. The van der Waals surface area contributed by atoms with Gasteiger partial charge in [0, 0.05) is 17.1 Å². The number of nitrogens with two attached hydrogens (primary N) is 1. The van der Waals surface area contributed by atoms with E-state index in [1.54, 1.807) is 12.1 Å². The third kappa shape index (κ3) is 4.52. The number of amides is 2. The molecule has 0 radical (unpaired) electrons. The zero-order chi connectivity index (χ0) is 21.8. The van der Waals surface area contributed by atoms with Crippen LogP contribution in [0, 0.1) is 6.92 Å². The molecule has 1 aliphatic rings. The largest absolute Gasteiger partial charge is 0.464 e. The van der Waals surface area contributed by atoms with Gasteiger partial charge in [-0.25, -0.2) is 5.26 Å². The predicted octanol–water partition coefficient (Wildman–Crippen LogP) is 3.12. The summed E-state index contributed by atoms with van der Waals surface area (Å²) in [5, 5.41) is 15.7. The summed E-state index contributed by atoms with van der Waals surface area (Å²) >= 11 is 6.23. The van der Waals surface area contributed by atoms with Crippen molar-refractivity contribution in [1.82, 2.24) is 10.2 Å². The van der Waals surface area contributed by atoms with E-state index in [4.69, 9.17) is 21.8 Å². The van der Waals surface area contributed by atoms with Crippen LogP contribution in [0.1, 0.15) is 46.8 Å². The SMILES string of the molecule is CC[C@@H](NC(=CNc1ccc(Cl)c2c1C(=O)N(CC(N)=O)C2)OO)c1ccc(C)o1. The van der Waals surface area contributed by atoms with E-state index in [0.29, 0.717) is 34.0 Å². The van der Waals surface area contributed by atoms with Gasteiger partial charge < -0.3 is 30.6 Å². The summed E-state index contributed by atoms with van der Waals surface area (Å²) in [6.07, 6.45) is 2.05. The van der Waals surface area contributed by atoms with E-state index >= 15 is 0 Å². The molecule has 5 N–H and O–H groups in total. The Labute approximate surface area is 178 Å². The van der Waals surface area contributed by atoms with Gasteiger partial charge in [-0.3, -0.25) is 9.59 Å². The Morgan fingerprint density at radius 2 is 2.20 bits per heavy atom. The zero-order valence-corrected chi connectivity index (χ0v) is 17.3. The lowest BCUT2D eigenvalue weighted by Crippen LogP contribution is -2.34. The van der Waals surface area contributed by atoms with Crippen LogP contribution in [0.5, 0.6) is 0 Å². The molecule has 2 aromatic rings. The smallest absolute Gasteiger partial charge is 0.257 e. The summed E-state index contributed by atoms with van der Waals surface area (Å²) in [7, 11) is 0. The maximum atomic E-state index is 12.7. The molecule has 9 nitrogen and oxygen atoms in total. The number of carbonyl (C=O) groups excluding carboxylic acids is 2. The number of primary amides is 1. The van der Waals surface area contributed by atoms with Crippen molar-refractivity contribution in [3.8, 4) is 0 Å². The van der Waals surface area contributed by atoms with Crippen LogP contribution in [0.25, 0.3) is 0 Å². The highest BCUT2D eigenvalue weighted by atomic mass is 35.5. The third-order valence-corrected chi connectivity index (χ3v) is 5.09. The van der Waals surface area contributed by atoms with Crippen molar-refractivity contribution in [2.24, 2.45) is 5.73 Å². The second-order valence-electron chi connectivity index (χ2n) is 6.87. The van der Waals surface area contributed by atoms with Gasteiger partial charge in [0.1, 0.15) is 11.5 Å². The van der Waals surface area contributed by atoms with Gasteiger partial charge in [-0.05, 0) is 37.6 Å². The Morgan fingerprint density at radius 1 is 1.43 bits per heavy atom. The van der Waals surface area contributed by atoms with Crippen molar-refractivity contribution in [3.63, 3.8) is 0 Å². The lowest BCUT2D eigenvalue weighted by molar-refractivity contribution is -0.210. The van der Waals surface area contributed by atoms with Gasteiger partial charge in [-0.1, -0.05) is 18.5 Å². The van der Waals surface area contributed by atoms with Crippen LogP contribution >= 0.6 is 11.6 Å². The molecule has 0 saturated heterocycles. The van der Waals surface area contributed by atoms with Gasteiger partial charge >= 0.3 is 0 Å². The van der Waals surface area contributed by atoms with Crippen molar-refractivity contribution in [2.45, 2.75) is 32.9 Å². The normalized spacial score (nSPS) is 14.5. The summed E-state index contributed by atoms with van der Waals surface area (Å²) in [6.45, 7) is 3.78. The van der Waals surface area contributed by atoms with Crippen molar-refractivity contribution < 1.29 is 24.2 Å². The molecule has 0 saturated carbocycles. The number of halogens is 1. The van der Waals surface area contributed by atoms with Crippen LogP contribution in [-0.2, 0) is 16.2 Å². The van der Waals surface area contributed by atoms with E-state index in [1.807, 2.05) is 26.0 Å². The van der Waals surface area contributed by atoms with Crippen molar-refractivity contribution >= 4 is 29.1 Å². The van der Waals surface area contributed by atoms with Crippen LogP contribution in [0.4, 0.5) is 5.69 Å². The second-order valence-corrected chi connectivity index (χ2v) is 7.28. The molecular formula is C20H23ClN4O5. The van der Waals surface area contributed by atoms with Gasteiger partial charge in [0.2, 0.25) is 11.8 Å². The van der Waals surface area contributed by atoms with Crippen molar-refractivity contribution in [2.75, 3.05) is 11.9 Å². The molecule has 10 heteroatoms. The maximum absolute atomic E-state index is 12.7. The molecule has 1 atom stereocenters. The van der Waals surface area contributed by atoms with Crippen molar-refractivity contribution in [3.05, 3.63) is 64.0 Å². The summed E-state index contributed by atoms with van der Waals surface area (Å²) in [5.74, 6) is 0.524. The first kappa shape index (κ1) is 21.5. The number of nitrogens with zero attached hydrogens (tertiary/aromatic N) is 1. The van der Waals surface area contributed by atoms with Gasteiger partial charge in [-0.15, -0.1) is 0 Å². The van der Waals surface area contributed by atoms with E-state index in [1.165, 1.54) is 11.1 Å². The Bertz CT molecular complexity index is 988. The average molecular weight is 435 g/mol. The molecule has 1 aliphatic heterocycles. The van der Waals surface area contributed by atoms with Gasteiger partial charge in [0.15, 0.2) is 0 Å². The number of rotatable bonds is 9. The first-order chi connectivity index (χ1) is 14.3. The zero-order valence-electron chi connectivity index (χ0n) is 16.6. The molecule has 0 fully saturated rings. The second kappa shape index (κ2) is 9.10. The molecule has 0 bridgehead atoms. The van der Waals surface area contributed by atoms with Crippen molar-refractivity contribution in [1.29, 1.82) is 0 Å². The Hall–Kier alpha value is -3.17. The number of furan rings is 1. The molecule has 0 aliphatic carbocycles. The maximum Gasteiger partial charge on any atom is 0.257 e. The van der Waals surface area contributed by atoms with Gasteiger partial charge in [0.25, 0.3) is 5.91 Å². The van der Waals surface area contributed by atoms with E-state index in [-0.39, 0.29) is 30.9 Å². The molecule has 160 valence electrons. The number of aryl methyl sites for hydroxylation is 1. The Balaban J connectivity index is 1.81. The molecule has 2 amide bonds. The minimum atomic E-state index is -0.611. The first-order valence-electron chi connectivity index (χ1n) is 9.34. The standard InChI is InChI=1S/C20H23ClN4O5/c1-3-14(16-7-4-11(2)29-16)24-18(30-28)8-23-15-6-5-13(21)12-9-25(10-17(22)26)20(27)19(12)15/h4-8,14,23-24,28H,3,9-10H2,1-2H3,(H2,22,26)/t14-/m1/s1. The summed E-state index contributed by atoms with van der Waals surface area (Å²) < 4.78 is 5.63. The number of benzene rings is 1. The fourth-order valence-corrected chi connectivity index (χ4v) is 3.52. The van der Waals surface area contributed by atoms with Crippen LogP contribution in [0.15, 0.2) is 40.8 Å². The number of fused-ring (bicyclic) bond motifs is 1. The summed E-state index contributed by atoms with van der Waals surface area (Å²) in [5.41, 5.74) is 6.60. The number of hydrogen-bond donors (Lipinski definition) is 4. The average Bonchev–Trinajstić information content (AvgIpc) is 3.28. The van der Waals surface area contributed by atoms with E-state index in [2.05, 4.69) is 15.5 Å². The third-order valence-electron chi connectivity index (χ3n) is 4.74. The topological polar surface area (TPSA) is 130 Å². The first-order valence-corrected chi connectivity index (χ1v) is 9.71. The molecule has 0 unspecified atom stereocenters. The number of carbonyl (C=O) groups is 2. The van der Waals surface area contributed by atoms with E-state index in [9.17, 15) is 14.8 Å². The Morgan fingerprint density at radius 3 is 2.80 bits per heavy atom. The lowest BCUT2D eigenvalue weighted by Gasteiger charge is -2.17. The van der Waals surface area contributed by atoms with Gasteiger partial charge in [-0.2, -0.15) is 0 Å².